The zero-order valence-corrected chi connectivity index (χ0v) is 6.91. The summed E-state index contributed by atoms with van der Waals surface area (Å²) in [6, 6.07) is 0. The molecule has 0 aliphatic carbocycles. The quantitative estimate of drug-likeness (QED) is 0.313. The van der Waals surface area contributed by atoms with E-state index in [1.807, 2.05) is 12.2 Å². The van der Waals surface area contributed by atoms with Gasteiger partial charge in [0.05, 0.1) is 0 Å². The Kier molecular flexibility index (Phi) is 3.51. The molecular formula is C9H12O3. The molecule has 3 nitrogen and oxygen atoms in total. The van der Waals surface area contributed by atoms with Crippen molar-refractivity contribution in [3.8, 4) is 0 Å². The van der Waals surface area contributed by atoms with Crippen molar-refractivity contribution in [2.45, 2.75) is 32.1 Å². The van der Waals surface area contributed by atoms with Gasteiger partial charge in [-0.1, -0.05) is 12.2 Å². The molecule has 0 spiro atoms. The second-order valence-electron chi connectivity index (χ2n) is 2.75. The largest absolute Gasteiger partial charge is 0.393 e. The van der Waals surface area contributed by atoms with Gasteiger partial charge >= 0.3 is 11.9 Å². The average molecular weight is 168 g/mol. The van der Waals surface area contributed by atoms with Crippen molar-refractivity contribution < 1.29 is 14.3 Å². The lowest BCUT2D eigenvalue weighted by Crippen LogP contribution is -2.11. The molecule has 0 saturated heterocycles. The highest BCUT2D eigenvalue weighted by Gasteiger charge is 2.09. The topological polar surface area (TPSA) is 43.4 Å². The minimum Gasteiger partial charge on any atom is -0.393 e. The van der Waals surface area contributed by atoms with Crippen LogP contribution in [0.25, 0.3) is 0 Å². The summed E-state index contributed by atoms with van der Waals surface area (Å²) in [5.74, 6) is -0.804. The molecule has 0 fully saturated rings. The van der Waals surface area contributed by atoms with E-state index in [-0.39, 0.29) is 0 Å². The molecule has 1 rings (SSSR count). The maximum Gasteiger partial charge on any atom is 0.313 e. The molecule has 0 aromatic rings. The Morgan fingerprint density at radius 1 is 1.00 bits per heavy atom. The normalized spacial score (nSPS) is 23.0. The Labute approximate surface area is 71.4 Å². The Morgan fingerprint density at radius 3 is 2.50 bits per heavy atom. The van der Waals surface area contributed by atoms with E-state index in [1.54, 1.807) is 0 Å². The standard InChI is InChI=1S/C9H12O3/c10-8-6-4-2-1-3-5-7-9(11)12-8/h1-2H,3-7H2/b2-1-. The lowest BCUT2D eigenvalue weighted by molar-refractivity contribution is -0.159. The molecule has 0 atom stereocenters. The van der Waals surface area contributed by atoms with Gasteiger partial charge in [-0.3, -0.25) is 9.59 Å². The summed E-state index contributed by atoms with van der Waals surface area (Å²) in [4.78, 5) is 21.7. The SMILES string of the molecule is O=C1CC/C=C\CCCC(=O)O1. The minimum atomic E-state index is -0.411. The lowest BCUT2D eigenvalue weighted by atomic mass is 10.2. The predicted octanol–water partition coefficient (Wildman–Crippen LogP) is 1.58. The Hall–Kier alpha value is -1.12. The number of carbonyl (C=O) groups excluding carboxylic acids is 2. The van der Waals surface area contributed by atoms with Crippen molar-refractivity contribution >= 4 is 11.9 Å². The molecule has 0 N–H and O–H groups in total. The number of esters is 2. The van der Waals surface area contributed by atoms with E-state index < -0.39 is 11.9 Å². The highest BCUT2D eigenvalue weighted by molar-refractivity contribution is 5.85. The van der Waals surface area contributed by atoms with Crippen LogP contribution in [0.4, 0.5) is 0 Å². The van der Waals surface area contributed by atoms with Gasteiger partial charge in [0.2, 0.25) is 0 Å². The van der Waals surface area contributed by atoms with Crippen molar-refractivity contribution in [3.05, 3.63) is 12.2 Å². The van der Waals surface area contributed by atoms with Crippen LogP contribution in [-0.4, -0.2) is 11.9 Å². The number of cyclic esters (lactones) is 2. The van der Waals surface area contributed by atoms with Crippen molar-refractivity contribution in [1.82, 2.24) is 0 Å². The highest BCUT2D eigenvalue weighted by atomic mass is 16.6. The van der Waals surface area contributed by atoms with E-state index in [0.717, 1.165) is 12.8 Å². The first kappa shape index (κ1) is 8.97. The zero-order valence-electron chi connectivity index (χ0n) is 6.91. The van der Waals surface area contributed by atoms with E-state index >= 15 is 0 Å². The fraction of sp³-hybridized carbons (Fsp3) is 0.556. The fourth-order valence-corrected chi connectivity index (χ4v) is 1.03. The number of allylic oxidation sites excluding steroid dienone is 2. The summed E-state index contributed by atoms with van der Waals surface area (Å²) in [6.07, 6.45) is 6.94. The monoisotopic (exact) mass is 168 g/mol. The van der Waals surface area contributed by atoms with Crippen LogP contribution >= 0.6 is 0 Å². The van der Waals surface area contributed by atoms with E-state index in [2.05, 4.69) is 4.74 Å². The summed E-state index contributed by atoms with van der Waals surface area (Å²) in [6.45, 7) is 0. The van der Waals surface area contributed by atoms with Gasteiger partial charge < -0.3 is 4.74 Å². The molecule has 0 bridgehead atoms. The fourth-order valence-electron chi connectivity index (χ4n) is 1.03. The van der Waals surface area contributed by atoms with E-state index in [9.17, 15) is 9.59 Å². The van der Waals surface area contributed by atoms with Gasteiger partial charge in [0.25, 0.3) is 0 Å². The van der Waals surface area contributed by atoms with Crippen LogP contribution in [0, 0.1) is 0 Å². The summed E-state index contributed by atoms with van der Waals surface area (Å²) in [7, 11) is 0. The van der Waals surface area contributed by atoms with Crippen LogP contribution in [0.5, 0.6) is 0 Å². The lowest BCUT2D eigenvalue weighted by Gasteiger charge is -2.02. The molecular weight excluding hydrogens is 156 g/mol. The maximum atomic E-state index is 10.8. The van der Waals surface area contributed by atoms with Crippen LogP contribution in [-0.2, 0) is 14.3 Å². The first-order chi connectivity index (χ1) is 5.79. The van der Waals surface area contributed by atoms with Crippen molar-refractivity contribution in [3.63, 3.8) is 0 Å². The van der Waals surface area contributed by atoms with Crippen LogP contribution in [0.3, 0.4) is 0 Å². The summed E-state index contributed by atoms with van der Waals surface area (Å²) in [5, 5.41) is 0. The third-order valence-corrected chi connectivity index (χ3v) is 1.66. The first-order valence-electron chi connectivity index (χ1n) is 4.17. The molecule has 12 heavy (non-hydrogen) atoms. The highest BCUT2D eigenvalue weighted by Crippen LogP contribution is 2.05. The summed E-state index contributed by atoms with van der Waals surface area (Å²) >= 11 is 0. The number of rotatable bonds is 0. The van der Waals surface area contributed by atoms with Crippen LogP contribution in [0.15, 0.2) is 12.2 Å². The molecule has 1 aliphatic heterocycles. The third-order valence-electron chi connectivity index (χ3n) is 1.66. The number of ether oxygens (including phenoxy) is 1. The van der Waals surface area contributed by atoms with Crippen LogP contribution in [0.2, 0.25) is 0 Å². The van der Waals surface area contributed by atoms with Gasteiger partial charge in [-0.05, 0) is 19.3 Å². The summed E-state index contributed by atoms with van der Waals surface area (Å²) < 4.78 is 4.51. The van der Waals surface area contributed by atoms with Gasteiger partial charge in [0.1, 0.15) is 0 Å². The molecule has 0 unspecified atom stereocenters. The number of hydrogen-bond donors (Lipinski definition) is 0. The van der Waals surface area contributed by atoms with Crippen LogP contribution in [0.1, 0.15) is 32.1 Å². The van der Waals surface area contributed by atoms with E-state index in [0.29, 0.717) is 19.3 Å². The molecule has 1 heterocycles. The van der Waals surface area contributed by atoms with Crippen molar-refractivity contribution in [1.29, 1.82) is 0 Å². The maximum absolute atomic E-state index is 10.8. The number of carbonyl (C=O) groups is 2. The molecule has 66 valence electrons. The van der Waals surface area contributed by atoms with Gasteiger partial charge in [-0.15, -0.1) is 0 Å². The van der Waals surface area contributed by atoms with Gasteiger partial charge in [0, 0.05) is 12.8 Å². The predicted molar refractivity (Wildman–Crippen MR) is 43.3 cm³/mol. The van der Waals surface area contributed by atoms with Gasteiger partial charge in [0.15, 0.2) is 0 Å². The smallest absolute Gasteiger partial charge is 0.313 e. The zero-order chi connectivity index (χ0) is 8.81. The summed E-state index contributed by atoms with van der Waals surface area (Å²) in [5.41, 5.74) is 0. The molecule has 0 radical (unpaired) electrons. The number of hydrogen-bond acceptors (Lipinski definition) is 3. The third kappa shape index (κ3) is 3.32. The van der Waals surface area contributed by atoms with Crippen LogP contribution < -0.4 is 0 Å². The van der Waals surface area contributed by atoms with E-state index in [4.69, 9.17) is 0 Å². The average Bonchev–Trinajstić information content (AvgIpc) is 2.02. The molecule has 3 heteroatoms. The van der Waals surface area contributed by atoms with E-state index in [1.165, 1.54) is 0 Å². The van der Waals surface area contributed by atoms with Gasteiger partial charge in [-0.25, -0.2) is 0 Å². The van der Waals surface area contributed by atoms with Crippen molar-refractivity contribution in [2.24, 2.45) is 0 Å². The first-order valence-corrected chi connectivity index (χ1v) is 4.17. The molecule has 0 aromatic heterocycles. The molecule has 0 saturated carbocycles. The Balaban J connectivity index is 2.45. The second-order valence-corrected chi connectivity index (χ2v) is 2.75. The Morgan fingerprint density at radius 2 is 1.67 bits per heavy atom. The second kappa shape index (κ2) is 4.70. The van der Waals surface area contributed by atoms with Gasteiger partial charge in [-0.2, -0.15) is 0 Å². The molecule has 1 aliphatic rings. The minimum absolute atomic E-state index is 0.308. The Bertz CT molecular complexity index is 206. The van der Waals surface area contributed by atoms with Crippen molar-refractivity contribution in [2.75, 3.05) is 0 Å². The molecule has 0 aromatic carbocycles. The molecule has 0 amide bonds.